The maximum absolute atomic E-state index is 9.77. The number of aryl methyl sites for hydroxylation is 2. The summed E-state index contributed by atoms with van der Waals surface area (Å²) in [4.78, 5) is 0. The first-order valence-corrected chi connectivity index (χ1v) is 6.64. The number of hydrogen-bond acceptors (Lipinski definition) is 3. The molecule has 0 saturated carbocycles. The molecular weight excluding hydrogens is 228 g/mol. The Labute approximate surface area is 109 Å². The Bertz CT molecular complexity index is 363. The smallest absolute Gasteiger partial charge is 0.119 e. The van der Waals surface area contributed by atoms with Crippen molar-refractivity contribution in [3.8, 4) is 5.75 Å². The molecule has 1 aromatic carbocycles. The van der Waals surface area contributed by atoms with Crippen LogP contribution >= 0.6 is 0 Å². The molecule has 2 atom stereocenters. The third-order valence-corrected chi connectivity index (χ3v) is 3.37. The van der Waals surface area contributed by atoms with Gasteiger partial charge in [-0.2, -0.15) is 0 Å². The summed E-state index contributed by atoms with van der Waals surface area (Å²) in [7, 11) is 1.66. The molecule has 0 aliphatic carbocycles. The van der Waals surface area contributed by atoms with Gasteiger partial charge >= 0.3 is 0 Å². The van der Waals surface area contributed by atoms with Gasteiger partial charge in [0.25, 0.3) is 0 Å². The van der Waals surface area contributed by atoms with Gasteiger partial charge in [-0.3, -0.25) is 0 Å². The minimum atomic E-state index is -0.637. The van der Waals surface area contributed by atoms with Crippen molar-refractivity contribution in [2.45, 2.75) is 51.7 Å². The molecule has 0 spiro atoms. The molecule has 1 rings (SSSR count). The molecule has 0 saturated heterocycles. The Morgan fingerprint density at radius 1 is 1.11 bits per heavy atom. The number of benzene rings is 1. The lowest BCUT2D eigenvalue weighted by Gasteiger charge is -2.17. The molecule has 0 aliphatic rings. The van der Waals surface area contributed by atoms with Gasteiger partial charge in [-0.15, -0.1) is 0 Å². The number of aliphatic hydroxyl groups excluding tert-OH is 2. The first-order valence-electron chi connectivity index (χ1n) is 6.64. The second kappa shape index (κ2) is 7.39. The van der Waals surface area contributed by atoms with Crippen molar-refractivity contribution < 1.29 is 14.9 Å². The van der Waals surface area contributed by atoms with Crippen LogP contribution in [0, 0.1) is 0 Å². The molecule has 0 amide bonds. The molecule has 3 heteroatoms. The standard InChI is InChI=1S/C15H24O3/c1-4-11-10-13(18-3)8-6-12(11)7-9-15(17)14(16)5-2/h6,8,10,14-17H,4-5,7,9H2,1-3H3. The molecule has 0 radical (unpaired) electrons. The second-order valence-corrected chi connectivity index (χ2v) is 4.57. The topological polar surface area (TPSA) is 49.7 Å². The SMILES string of the molecule is CCc1cc(OC)ccc1CCC(O)C(O)CC. The van der Waals surface area contributed by atoms with Gasteiger partial charge in [-0.05, 0) is 48.9 Å². The Hall–Kier alpha value is -1.06. The minimum absolute atomic E-state index is 0.588. The summed E-state index contributed by atoms with van der Waals surface area (Å²) in [5.41, 5.74) is 2.47. The van der Waals surface area contributed by atoms with E-state index in [2.05, 4.69) is 6.92 Å². The highest BCUT2D eigenvalue weighted by atomic mass is 16.5. The quantitative estimate of drug-likeness (QED) is 0.783. The maximum atomic E-state index is 9.77. The number of hydrogen-bond donors (Lipinski definition) is 2. The van der Waals surface area contributed by atoms with Gasteiger partial charge in [-0.1, -0.05) is 19.9 Å². The van der Waals surface area contributed by atoms with Gasteiger partial charge in [0.15, 0.2) is 0 Å². The number of aliphatic hydroxyl groups is 2. The van der Waals surface area contributed by atoms with Crippen LogP contribution in [-0.2, 0) is 12.8 Å². The summed E-state index contributed by atoms with van der Waals surface area (Å²) in [6, 6.07) is 6.03. The normalized spacial score (nSPS) is 14.3. The zero-order chi connectivity index (χ0) is 13.5. The Morgan fingerprint density at radius 2 is 1.83 bits per heavy atom. The fourth-order valence-corrected chi connectivity index (χ4v) is 2.07. The fraction of sp³-hybridized carbons (Fsp3) is 0.600. The van der Waals surface area contributed by atoms with Crippen LogP contribution < -0.4 is 4.74 Å². The molecule has 0 aromatic heterocycles. The van der Waals surface area contributed by atoms with Crippen molar-refractivity contribution in [3.63, 3.8) is 0 Å². The second-order valence-electron chi connectivity index (χ2n) is 4.57. The Balaban J connectivity index is 2.67. The highest BCUT2D eigenvalue weighted by Gasteiger charge is 2.14. The Morgan fingerprint density at radius 3 is 2.39 bits per heavy atom. The van der Waals surface area contributed by atoms with Crippen LogP contribution in [0.25, 0.3) is 0 Å². The molecule has 1 aromatic rings. The monoisotopic (exact) mass is 252 g/mol. The van der Waals surface area contributed by atoms with Crippen molar-refractivity contribution in [3.05, 3.63) is 29.3 Å². The highest BCUT2D eigenvalue weighted by Crippen LogP contribution is 2.20. The molecule has 0 bridgehead atoms. The van der Waals surface area contributed by atoms with E-state index >= 15 is 0 Å². The van der Waals surface area contributed by atoms with Gasteiger partial charge < -0.3 is 14.9 Å². The van der Waals surface area contributed by atoms with Crippen LogP contribution in [0.5, 0.6) is 5.75 Å². The van der Waals surface area contributed by atoms with E-state index in [1.807, 2.05) is 25.1 Å². The van der Waals surface area contributed by atoms with Gasteiger partial charge in [-0.25, -0.2) is 0 Å². The van der Waals surface area contributed by atoms with Crippen molar-refractivity contribution in [1.82, 2.24) is 0 Å². The molecule has 102 valence electrons. The van der Waals surface area contributed by atoms with E-state index < -0.39 is 12.2 Å². The summed E-state index contributed by atoms with van der Waals surface area (Å²) in [5, 5.41) is 19.3. The summed E-state index contributed by atoms with van der Waals surface area (Å²) >= 11 is 0. The van der Waals surface area contributed by atoms with E-state index in [0.29, 0.717) is 12.8 Å². The van der Waals surface area contributed by atoms with E-state index in [4.69, 9.17) is 4.74 Å². The van der Waals surface area contributed by atoms with Gasteiger partial charge in [0.05, 0.1) is 19.3 Å². The van der Waals surface area contributed by atoms with Crippen LogP contribution in [0.1, 0.15) is 37.8 Å². The number of methoxy groups -OCH3 is 1. The molecule has 2 unspecified atom stereocenters. The highest BCUT2D eigenvalue weighted by molar-refractivity contribution is 5.35. The molecule has 0 heterocycles. The van der Waals surface area contributed by atoms with Crippen LogP contribution in [0.15, 0.2) is 18.2 Å². The zero-order valence-corrected chi connectivity index (χ0v) is 11.5. The summed E-state index contributed by atoms with van der Waals surface area (Å²) in [5.74, 6) is 0.866. The first-order chi connectivity index (χ1) is 8.62. The lowest BCUT2D eigenvalue weighted by molar-refractivity contribution is 0.0130. The fourth-order valence-electron chi connectivity index (χ4n) is 2.07. The lowest BCUT2D eigenvalue weighted by atomic mass is 9.97. The van der Waals surface area contributed by atoms with Gasteiger partial charge in [0.2, 0.25) is 0 Å². The van der Waals surface area contributed by atoms with E-state index in [-0.39, 0.29) is 0 Å². The van der Waals surface area contributed by atoms with Crippen LogP contribution in [-0.4, -0.2) is 29.5 Å². The molecular formula is C15H24O3. The van der Waals surface area contributed by atoms with E-state index in [9.17, 15) is 10.2 Å². The molecule has 0 aliphatic heterocycles. The molecule has 0 fully saturated rings. The van der Waals surface area contributed by atoms with Gasteiger partial charge in [0, 0.05) is 0 Å². The van der Waals surface area contributed by atoms with Crippen molar-refractivity contribution in [1.29, 1.82) is 0 Å². The average Bonchev–Trinajstić information content (AvgIpc) is 2.43. The first kappa shape index (κ1) is 15.0. The Kier molecular flexibility index (Phi) is 6.16. The maximum Gasteiger partial charge on any atom is 0.119 e. The minimum Gasteiger partial charge on any atom is -0.497 e. The molecule has 3 nitrogen and oxygen atoms in total. The van der Waals surface area contributed by atoms with E-state index in [1.54, 1.807) is 7.11 Å². The number of ether oxygens (including phenoxy) is 1. The average molecular weight is 252 g/mol. The van der Waals surface area contributed by atoms with E-state index in [1.165, 1.54) is 11.1 Å². The van der Waals surface area contributed by atoms with Crippen LogP contribution in [0.2, 0.25) is 0 Å². The van der Waals surface area contributed by atoms with Gasteiger partial charge in [0.1, 0.15) is 5.75 Å². The summed E-state index contributed by atoms with van der Waals surface area (Å²) < 4.78 is 5.20. The lowest BCUT2D eigenvalue weighted by Crippen LogP contribution is -2.25. The third kappa shape index (κ3) is 4.00. The van der Waals surface area contributed by atoms with Crippen molar-refractivity contribution in [2.24, 2.45) is 0 Å². The van der Waals surface area contributed by atoms with Crippen LogP contribution in [0.3, 0.4) is 0 Å². The largest absolute Gasteiger partial charge is 0.497 e. The molecule has 2 N–H and O–H groups in total. The predicted molar refractivity (Wildman–Crippen MR) is 73.0 cm³/mol. The van der Waals surface area contributed by atoms with Crippen LogP contribution in [0.4, 0.5) is 0 Å². The summed E-state index contributed by atoms with van der Waals surface area (Å²) in [6.07, 6.45) is 1.65. The van der Waals surface area contributed by atoms with E-state index in [0.717, 1.165) is 18.6 Å². The zero-order valence-electron chi connectivity index (χ0n) is 11.5. The predicted octanol–water partition coefficient (Wildman–Crippen LogP) is 2.32. The van der Waals surface area contributed by atoms with Crippen molar-refractivity contribution in [2.75, 3.05) is 7.11 Å². The third-order valence-electron chi connectivity index (χ3n) is 3.37. The number of rotatable bonds is 7. The summed E-state index contributed by atoms with van der Waals surface area (Å²) in [6.45, 7) is 3.98. The van der Waals surface area contributed by atoms with Crippen molar-refractivity contribution >= 4 is 0 Å². The molecule has 18 heavy (non-hydrogen) atoms.